The molecule has 1 rings (SSSR count). The first-order chi connectivity index (χ1) is 9.02. The number of nitrogens with one attached hydrogen (secondary N) is 2. The Hall–Kier alpha value is -2.09. The van der Waals surface area contributed by atoms with E-state index in [9.17, 15) is 9.59 Å². The molecule has 0 fully saturated rings. The number of carbonyl (C=O) groups is 2. The van der Waals surface area contributed by atoms with Gasteiger partial charge in [-0.2, -0.15) is 5.10 Å². The summed E-state index contributed by atoms with van der Waals surface area (Å²) in [6, 6.07) is -1.67. The fraction of sp³-hybridized carbons (Fsp3) is 0.545. The van der Waals surface area contributed by atoms with Crippen molar-refractivity contribution in [2.45, 2.75) is 25.9 Å². The minimum atomic E-state index is -1.17. The van der Waals surface area contributed by atoms with Gasteiger partial charge in [0, 0.05) is 25.8 Å². The average molecular weight is 270 g/mol. The van der Waals surface area contributed by atoms with E-state index in [1.165, 1.54) is 0 Å². The molecule has 2 amide bonds. The Morgan fingerprint density at radius 2 is 2.26 bits per heavy atom. The van der Waals surface area contributed by atoms with Crippen LogP contribution in [0.5, 0.6) is 0 Å². The Labute approximate surface area is 110 Å². The second-order valence-corrected chi connectivity index (χ2v) is 4.08. The summed E-state index contributed by atoms with van der Waals surface area (Å²) in [5, 5.41) is 26.3. The van der Waals surface area contributed by atoms with Crippen LogP contribution in [-0.4, -0.2) is 51.2 Å². The fourth-order valence-corrected chi connectivity index (χ4v) is 1.47. The van der Waals surface area contributed by atoms with Crippen LogP contribution in [0, 0.1) is 6.92 Å². The van der Waals surface area contributed by atoms with Crippen molar-refractivity contribution in [1.29, 1.82) is 0 Å². The number of aliphatic hydroxyl groups is 1. The summed E-state index contributed by atoms with van der Waals surface area (Å²) in [5.74, 6) is -1.17. The van der Waals surface area contributed by atoms with Crippen LogP contribution >= 0.6 is 0 Å². The van der Waals surface area contributed by atoms with E-state index in [0.29, 0.717) is 13.1 Å². The Morgan fingerprint density at radius 3 is 2.79 bits per heavy atom. The number of amides is 2. The van der Waals surface area contributed by atoms with Gasteiger partial charge in [0.15, 0.2) is 0 Å². The first kappa shape index (κ1) is 15.0. The summed E-state index contributed by atoms with van der Waals surface area (Å²) in [5.41, 5.74) is 1.03. The lowest BCUT2D eigenvalue weighted by Gasteiger charge is -2.13. The third kappa shape index (κ3) is 5.38. The maximum absolute atomic E-state index is 11.4. The number of hydrogen-bond donors (Lipinski definition) is 4. The molecule has 106 valence electrons. The van der Waals surface area contributed by atoms with Gasteiger partial charge in [-0.3, -0.25) is 4.68 Å². The molecule has 19 heavy (non-hydrogen) atoms. The van der Waals surface area contributed by atoms with Crippen molar-refractivity contribution in [1.82, 2.24) is 20.4 Å². The van der Waals surface area contributed by atoms with Crippen molar-refractivity contribution >= 4 is 12.0 Å². The van der Waals surface area contributed by atoms with Crippen molar-refractivity contribution in [3.05, 3.63) is 18.0 Å². The van der Waals surface area contributed by atoms with Crippen LogP contribution in [0.4, 0.5) is 4.79 Å². The van der Waals surface area contributed by atoms with Gasteiger partial charge in [0.1, 0.15) is 6.04 Å². The number of urea groups is 1. The molecule has 0 spiro atoms. The van der Waals surface area contributed by atoms with E-state index in [-0.39, 0.29) is 13.0 Å². The minimum absolute atomic E-state index is 0.0267. The van der Waals surface area contributed by atoms with Crippen LogP contribution in [0.15, 0.2) is 12.4 Å². The Kier molecular flexibility index (Phi) is 5.80. The zero-order chi connectivity index (χ0) is 14.3. The van der Waals surface area contributed by atoms with E-state index < -0.39 is 18.0 Å². The topological polar surface area (TPSA) is 116 Å². The molecule has 4 N–H and O–H groups in total. The number of aliphatic hydroxyl groups excluding tert-OH is 1. The highest BCUT2D eigenvalue weighted by Crippen LogP contribution is 1.93. The molecular weight excluding hydrogens is 252 g/mol. The lowest BCUT2D eigenvalue weighted by Crippen LogP contribution is -2.47. The maximum atomic E-state index is 11.4. The summed E-state index contributed by atoms with van der Waals surface area (Å²) in [6.45, 7) is 2.44. The second kappa shape index (κ2) is 7.37. The summed E-state index contributed by atoms with van der Waals surface area (Å²) >= 11 is 0. The van der Waals surface area contributed by atoms with Crippen LogP contribution < -0.4 is 10.6 Å². The van der Waals surface area contributed by atoms with E-state index in [2.05, 4.69) is 15.7 Å². The van der Waals surface area contributed by atoms with Crippen LogP contribution in [0.25, 0.3) is 0 Å². The standard InChI is InChI=1S/C11H18N4O4/c1-8-6-13-15(7-8)4-3-12-11(19)14-9(2-5-16)10(17)18/h6-7,9,16H,2-5H2,1H3,(H,17,18)(H2,12,14,19)/t9-/m0/s1. The van der Waals surface area contributed by atoms with Gasteiger partial charge >= 0.3 is 12.0 Å². The normalized spacial score (nSPS) is 11.9. The molecule has 0 aromatic carbocycles. The Bertz CT molecular complexity index is 432. The van der Waals surface area contributed by atoms with Crippen LogP contribution in [0.3, 0.4) is 0 Å². The van der Waals surface area contributed by atoms with Crippen LogP contribution in [0.1, 0.15) is 12.0 Å². The molecule has 0 aliphatic carbocycles. The molecule has 1 heterocycles. The number of nitrogens with zero attached hydrogens (tertiary/aromatic N) is 2. The third-order valence-corrected chi connectivity index (χ3v) is 2.41. The summed E-state index contributed by atoms with van der Waals surface area (Å²) in [7, 11) is 0. The number of carboxylic acids is 1. The molecule has 0 aliphatic heterocycles. The molecule has 1 aromatic rings. The largest absolute Gasteiger partial charge is 0.480 e. The highest BCUT2D eigenvalue weighted by Gasteiger charge is 2.18. The van der Waals surface area contributed by atoms with Gasteiger partial charge in [0.05, 0.1) is 12.7 Å². The van der Waals surface area contributed by atoms with Gasteiger partial charge in [-0.15, -0.1) is 0 Å². The summed E-state index contributed by atoms with van der Waals surface area (Å²) < 4.78 is 1.68. The van der Waals surface area contributed by atoms with E-state index in [1.54, 1.807) is 10.9 Å². The van der Waals surface area contributed by atoms with E-state index in [4.69, 9.17) is 10.2 Å². The number of aliphatic carboxylic acids is 1. The predicted molar refractivity (Wildman–Crippen MR) is 66.6 cm³/mol. The molecule has 1 aromatic heterocycles. The lowest BCUT2D eigenvalue weighted by molar-refractivity contribution is -0.139. The number of rotatable bonds is 7. The minimum Gasteiger partial charge on any atom is -0.480 e. The molecule has 0 radical (unpaired) electrons. The smallest absolute Gasteiger partial charge is 0.326 e. The Balaban J connectivity index is 2.28. The van der Waals surface area contributed by atoms with Crippen LogP contribution in [-0.2, 0) is 11.3 Å². The van der Waals surface area contributed by atoms with Crippen molar-refractivity contribution in [2.75, 3.05) is 13.2 Å². The SMILES string of the molecule is Cc1cnn(CCNC(=O)N[C@@H](CCO)C(=O)O)c1. The predicted octanol–water partition coefficient (Wildman–Crippen LogP) is -0.674. The molecule has 8 heteroatoms. The summed E-state index contributed by atoms with van der Waals surface area (Å²) in [4.78, 5) is 22.2. The maximum Gasteiger partial charge on any atom is 0.326 e. The first-order valence-electron chi connectivity index (χ1n) is 5.90. The number of carbonyl (C=O) groups excluding carboxylic acids is 1. The van der Waals surface area contributed by atoms with Crippen molar-refractivity contribution < 1.29 is 19.8 Å². The Morgan fingerprint density at radius 1 is 1.53 bits per heavy atom. The van der Waals surface area contributed by atoms with E-state index in [1.807, 2.05) is 13.1 Å². The third-order valence-electron chi connectivity index (χ3n) is 2.41. The molecule has 0 aliphatic rings. The first-order valence-corrected chi connectivity index (χ1v) is 5.90. The molecular formula is C11H18N4O4. The van der Waals surface area contributed by atoms with Gasteiger partial charge in [-0.05, 0) is 12.5 Å². The van der Waals surface area contributed by atoms with Gasteiger partial charge in [-0.1, -0.05) is 0 Å². The highest BCUT2D eigenvalue weighted by molar-refractivity contribution is 5.82. The fourth-order valence-electron chi connectivity index (χ4n) is 1.47. The second-order valence-electron chi connectivity index (χ2n) is 4.08. The molecule has 0 unspecified atom stereocenters. The molecule has 1 atom stereocenters. The van der Waals surface area contributed by atoms with E-state index in [0.717, 1.165) is 5.56 Å². The molecule has 0 saturated carbocycles. The number of aromatic nitrogens is 2. The quantitative estimate of drug-likeness (QED) is 0.524. The van der Waals surface area contributed by atoms with E-state index >= 15 is 0 Å². The molecule has 0 bridgehead atoms. The van der Waals surface area contributed by atoms with Gasteiger partial charge in [0.25, 0.3) is 0 Å². The monoisotopic (exact) mass is 270 g/mol. The highest BCUT2D eigenvalue weighted by atomic mass is 16.4. The van der Waals surface area contributed by atoms with Crippen molar-refractivity contribution in [3.63, 3.8) is 0 Å². The summed E-state index contributed by atoms with van der Waals surface area (Å²) in [6.07, 6.45) is 3.52. The van der Waals surface area contributed by atoms with Crippen molar-refractivity contribution in [3.8, 4) is 0 Å². The average Bonchev–Trinajstić information content (AvgIpc) is 2.74. The lowest BCUT2D eigenvalue weighted by atomic mass is 10.2. The number of hydrogen-bond acceptors (Lipinski definition) is 4. The zero-order valence-electron chi connectivity index (χ0n) is 10.7. The van der Waals surface area contributed by atoms with Gasteiger partial charge in [-0.25, -0.2) is 9.59 Å². The number of aryl methyl sites for hydroxylation is 1. The van der Waals surface area contributed by atoms with Crippen LogP contribution in [0.2, 0.25) is 0 Å². The zero-order valence-corrected chi connectivity index (χ0v) is 10.7. The number of carboxylic acid groups (broad SMARTS) is 1. The van der Waals surface area contributed by atoms with Gasteiger partial charge < -0.3 is 20.8 Å². The molecule has 0 saturated heterocycles. The molecule has 8 nitrogen and oxygen atoms in total. The van der Waals surface area contributed by atoms with Crippen molar-refractivity contribution in [2.24, 2.45) is 0 Å². The van der Waals surface area contributed by atoms with Gasteiger partial charge in [0.2, 0.25) is 0 Å².